The van der Waals surface area contributed by atoms with Gasteiger partial charge in [0.25, 0.3) is 11.6 Å². The average Bonchev–Trinajstić information content (AvgIpc) is 2.66. The van der Waals surface area contributed by atoms with E-state index in [4.69, 9.17) is 4.74 Å². The number of benzene rings is 2. The molecule has 0 aliphatic heterocycles. The summed E-state index contributed by atoms with van der Waals surface area (Å²) in [6, 6.07) is 12.3. The molecule has 1 N–H and O–H groups in total. The molecule has 0 aromatic heterocycles. The van der Waals surface area contributed by atoms with Gasteiger partial charge in [-0.05, 0) is 32.0 Å². The molecule has 0 spiro atoms. The van der Waals surface area contributed by atoms with E-state index < -0.39 is 22.9 Å². The molecule has 2 aromatic rings. The molecule has 8 nitrogen and oxygen atoms in total. The van der Waals surface area contributed by atoms with E-state index in [0.717, 1.165) is 0 Å². The second kappa shape index (κ2) is 9.65. The Morgan fingerprint density at radius 1 is 1.14 bits per heavy atom. The average molecular weight is 402 g/mol. The Balaban J connectivity index is 2.08. The molecule has 0 radical (unpaired) electrons. The summed E-state index contributed by atoms with van der Waals surface area (Å²) >= 11 is 1.20. The molecule has 0 aliphatic rings. The van der Waals surface area contributed by atoms with Gasteiger partial charge in [0.15, 0.2) is 6.10 Å². The second-order valence-electron chi connectivity index (χ2n) is 5.80. The molecule has 28 heavy (non-hydrogen) atoms. The Hall–Kier alpha value is -3.20. The van der Waals surface area contributed by atoms with Crippen molar-refractivity contribution in [1.82, 2.24) is 0 Å². The summed E-state index contributed by atoms with van der Waals surface area (Å²) < 4.78 is 5.20. The Labute approximate surface area is 165 Å². The van der Waals surface area contributed by atoms with Crippen molar-refractivity contribution < 1.29 is 24.0 Å². The van der Waals surface area contributed by atoms with Gasteiger partial charge in [-0.3, -0.25) is 19.7 Å². The Morgan fingerprint density at radius 3 is 2.46 bits per heavy atom. The van der Waals surface area contributed by atoms with Crippen molar-refractivity contribution in [2.75, 3.05) is 11.1 Å². The van der Waals surface area contributed by atoms with Gasteiger partial charge in [0, 0.05) is 11.0 Å². The van der Waals surface area contributed by atoms with Crippen LogP contribution in [0.25, 0.3) is 0 Å². The monoisotopic (exact) mass is 402 g/mol. The first-order valence-electron chi connectivity index (χ1n) is 8.26. The van der Waals surface area contributed by atoms with Gasteiger partial charge in [-0.2, -0.15) is 0 Å². The molecule has 1 amide bonds. The number of esters is 1. The number of Topliss-reactive ketones (excluding diaryl/α,β-unsaturated/α-hetero) is 1. The molecule has 0 bridgehead atoms. The Morgan fingerprint density at radius 2 is 1.79 bits per heavy atom. The highest BCUT2D eigenvalue weighted by atomic mass is 32.2. The maximum atomic E-state index is 12.4. The molecule has 0 saturated heterocycles. The highest BCUT2D eigenvalue weighted by molar-refractivity contribution is 8.00. The minimum absolute atomic E-state index is 0.0119. The number of para-hydroxylation sites is 2. The smallest absolute Gasteiger partial charge is 0.340 e. The van der Waals surface area contributed by atoms with Gasteiger partial charge in [-0.1, -0.05) is 24.3 Å². The molecule has 0 aliphatic carbocycles. The molecular weight excluding hydrogens is 384 g/mol. The molecule has 0 fully saturated rings. The Bertz CT molecular complexity index is 915. The summed E-state index contributed by atoms with van der Waals surface area (Å²) in [5, 5.41) is 13.4. The van der Waals surface area contributed by atoms with Crippen LogP contribution in [0, 0.1) is 10.1 Å². The molecule has 1 atom stereocenters. The van der Waals surface area contributed by atoms with Crippen LogP contribution in [-0.2, 0) is 14.3 Å². The zero-order valence-electron chi connectivity index (χ0n) is 15.2. The third kappa shape index (κ3) is 5.65. The van der Waals surface area contributed by atoms with E-state index in [1.54, 1.807) is 24.3 Å². The van der Waals surface area contributed by atoms with Crippen molar-refractivity contribution in [3.8, 4) is 0 Å². The molecule has 0 unspecified atom stereocenters. The van der Waals surface area contributed by atoms with Gasteiger partial charge in [-0.25, -0.2) is 4.79 Å². The lowest BCUT2D eigenvalue weighted by Gasteiger charge is -2.15. The largest absolute Gasteiger partial charge is 0.449 e. The number of hydrogen-bond acceptors (Lipinski definition) is 7. The van der Waals surface area contributed by atoms with Gasteiger partial charge < -0.3 is 10.1 Å². The summed E-state index contributed by atoms with van der Waals surface area (Å²) in [5.41, 5.74) is -0.0164. The third-order valence-electron chi connectivity index (χ3n) is 3.55. The van der Waals surface area contributed by atoms with E-state index in [1.807, 2.05) is 0 Å². The van der Waals surface area contributed by atoms with Crippen LogP contribution in [0.15, 0.2) is 53.4 Å². The Kier molecular flexibility index (Phi) is 7.28. The van der Waals surface area contributed by atoms with E-state index in [9.17, 15) is 24.5 Å². The number of thioether (sulfide) groups is 1. The van der Waals surface area contributed by atoms with E-state index in [0.29, 0.717) is 4.90 Å². The van der Waals surface area contributed by atoms with Crippen LogP contribution < -0.4 is 5.32 Å². The number of ketones is 1. The predicted octanol–water partition coefficient (Wildman–Crippen LogP) is 3.46. The number of carbonyl (C=O) groups excluding carboxylic acids is 3. The first kappa shape index (κ1) is 21.1. The normalized spacial score (nSPS) is 11.4. The fourth-order valence-electron chi connectivity index (χ4n) is 2.19. The lowest BCUT2D eigenvalue weighted by molar-refractivity contribution is -0.383. The van der Waals surface area contributed by atoms with Crippen LogP contribution in [0.1, 0.15) is 24.2 Å². The van der Waals surface area contributed by atoms with Gasteiger partial charge in [0.05, 0.1) is 16.2 Å². The minimum Gasteiger partial charge on any atom is -0.449 e. The zero-order chi connectivity index (χ0) is 20.7. The number of nitro groups is 1. The number of anilines is 1. The van der Waals surface area contributed by atoms with Crippen molar-refractivity contribution in [3.63, 3.8) is 0 Å². The van der Waals surface area contributed by atoms with Crippen molar-refractivity contribution in [2.45, 2.75) is 24.8 Å². The first-order valence-corrected chi connectivity index (χ1v) is 9.24. The number of hydrogen-bond donors (Lipinski definition) is 1. The predicted molar refractivity (Wildman–Crippen MR) is 104 cm³/mol. The molecule has 2 rings (SSSR count). The van der Waals surface area contributed by atoms with Crippen molar-refractivity contribution >= 4 is 40.8 Å². The SMILES string of the molecule is CC(=O)CSc1ccccc1C(=O)O[C@@H](C)C(=O)Nc1ccccc1[N+](=O)[O-]. The maximum absolute atomic E-state index is 12.4. The molecule has 146 valence electrons. The molecule has 0 heterocycles. The topological polar surface area (TPSA) is 116 Å². The van der Waals surface area contributed by atoms with Crippen LogP contribution in [0.2, 0.25) is 0 Å². The van der Waals surface area contributed by atoms with E-state index >= 15 is 0 Å². The quantitative estimate of drug-likeness (QED) is 0.311. The van der Waals surface area contributed by atoms with E-state index in [-0.39, 0.29) is 28.5 Å². The molecule has 9 heteroatoms. The number of nitro benzene ring substituents is 1. The lowest BCUT2D eigenvalue weighted by Crippen LogP contribution is -2.30. The number of amides is 1. The maximum Gasteiger partial charge on any atom is 0.340 e. The van der Waals surface area contributed by atoms with Crippen LogP contribution in [0.4, 0.5) is 11.4 Å². The minimum atomic E-state index is -1.18. The second-order valence-corrected chi connectivity index (χ2v) is 6.82. The number of carbonyl (C=O) groups is 3. The summed E-state index contributed by atoms with van der Waals surface area (Å²) in [4.78, 5) is 46.9. The molecular formula is C19H18N2O6S. The van der Waals surface area contributed by atoms with Gasteiger partial charge >= 0.3 is 5.97 Å². The summed E-state index contributed by atoms with van der Waals surface area (Å²) in [6.07, 6.45) is -1.18. The fourth-order valence-corrected chi connectivity index (χ4v) is 3.03. The first-order chi connectivity index (χ1) is 13.3. The van der Waals surface area contributed by atoms with Crippen LogP contribution in [0.3, 0.4) is 0 Å². The van der Waals surface area contributed by atoms with Gasteiger partial charge in [0.1, 0.15) is 11.5 Å². The zero-order valence-corrected chi connectivity index (χ0v) is 16.0. The highest BCUT2D eigenvalue weighted by Gasteiger charge is 2.23. The number of nitrogens with zero attached hydrogens (tertiary/aromatic N) is 1. The van der Waals surface area contributed by atoms with Crippen LogP contribution in [-0.4, -0.2) is 34.4 Å². The third-order valence-corrected chi connectivity index (χ3v) is 4.77. The molecule has 0 saturated carbocycles. The van der Waals surface area contributed by atoms with Gasteiger partial charge in [-0.15, -0.1) is 11.8 Å². The van der Waals surface area contributed by atoms with Crippen molar-refractivity contribution in [3.05, 3.63) is 64.2 Å². The van der Waals surface area contributed by atoms with Gasteiger partial charge in [0.2, 0.25) is 0 Å². The van der Waals surface area contributed by atoms with Crippen molar-refractivity contribution in [1.29, 1.82) is 0 Å². The number of rotatable bonds is 8. The van der Waals surface area contributed by atoms with Crippen LogP contribution >= 0.6 is 11.8 Å². The summed E-state index contributed by atoms with van der Waals surface area (Å²) in [5.74, 6) is -1.25. The standard InChI is InChI=1S/C19H18N2O6S/c1-12(22)11-28-17-10-6-3-7-14(17)19(24)27-13(2)18(23)20-15-8-4-5-9-16(15)21(25)26/h3-10,13H,11H2,1-2H3,(H,20,23)/t13-/m0/s1. The lowest BCUT2D eigenvalue weighted by atomic mass is 10.2. The fraction of sp³-hybridized carbons (Fsp3) is 0.211. The van der Waals surface area contributed by atoms with Crippen LogP contribution in [0.5, 0.6) is 0 Å². The summed E-state index contributed by atoms with van der Waals surface area (Å²) in [7, 11) is 0. The highest BCUT2D eigenvalue weighted by Crippen LogP contribution is 2.25. The van der Waals surface area contributed by atoms with E-state index in [1.165, 1.54) is 49.9 Å². The number of nitrogens with one attached hydrogen (secondary N) is 1. The summed E-state index contributed by atoms with van der Waals surface area (Å²) in [6.45, 7) is 2.82. The van der Waals surface area contributed by atoms with E-state index in [2.05, 4.69) is 5.32 Å². The number of ether oxygens (including phenoxy) is 1. The molecule has 2 aromatic carbocycles. The van der Waals surface area contributed by atoms with Crippen molar-refractivity contribution in [2.24, 2.45) is 0 Å².